The Labute approximate surface area is 134 Å². The van der Waals surface area contributed by atoms with Gasteiger partial charge >= 0.3 is 0 Å². The molecule has 3 rings (SSSR count). The van der Waals surface area contributed by atoms with Crippen LogP contribution in [0.5, 0.6) is 17.2 Å². The fourth-order valence-corrected chi connectivity index (χ4v) is 2.40. The molecule has 6 nitrogen and oxygen atoms in total. The zero-order valence-electron chi connectivity index (χ0n) is 13.0. The molecule has 23 heavy (non-hydrogen) atoms. The lowest BCUT2D eigenvalue weighted by molar-refractivity contribution is 0.0938. The highest BCUT2D eigenvalue weighted by Crippen LogP contribution is 2.40. The lowest BCUT2D eigenvalue weighted by Crippen LogP contribution is -2.27. The van der Waals surface area contributed by atoms with Gasteiger partial charge in [0.25, 0.3) is 5.91 Å². The maximum absolute atomic E-state index is 12.5. The predicted molar refractivity (Wildman–Crippen MR) is 84.1 cm³/mol. The van der Waals surface area contributed by atoms with Crippen molar-refractivity contribution in [1.29, 1.82) is 0 Å². The molecule has 1 atom stereocenters. The largest absolute Gasteiger partial charge is 0.493 e. The van der Waals surface area contributed by atoms with E-state index in [4.69, 9.17) is 14.2 Å². The van der Waals surface area contributed by atoms with Crippen LogP contribution in [0, 0.1) is 0 Å². The van der Waals surface area contributed by atoms with E-state index in [0.717, 1.165) is 5.56 Å². The molecule has 2 aromatic rings. The number of ether oxygens (including phenoxy) is 3. The van der Waals surface area contributed by atoms with Crippen LogP contribution in [0.1, 0.15) is 28.9 Å². The van der Waals surface area contributed by atoms with E-state index in [2.05, 4.69) is 10.3 Å². The molecule has 1 aromatic heterocycles. The van der Waals surface area contributed by atoms with Crippen molar-refractivity contribution < 1.29 is 19.0 Å². The SMILES string of the molecule is COc1cc(C(=O)NC(C)c2cccnc2)cc2c1OCCO2. The first-order chi connectivity index (χ1) is 11.2. The monoisotopic (exact) mass is 314 g/mol. The number of carbonyl (C=O) groups is 1. The summed E-state index contributed by atoms with van der Waals surface area (Å²) in [6.07, 6.45) is 3.43. The molecular formula is C17H18N2O4. The number of pyridine rings is 1. The standard InChI is InChI=1S/C17H18N2O4/c1-11(12-4-3-5-18-10-12)19-17(20)13-8-14(21-2)16-15(9-13)22-6-7-23-16/h3-5,8-11H,6-7H2,1-2H3,(H,19,20). The topological polar surface area (TPSA) is 69.7 Å². The van der Waals surface area contributed by atoms with Gasteiger partial charge in [0.15, 0.2) is 11.5 Å². The van der Waals surface area contributed by atoms with Crippen molar-refractivity contribution in [3.05, 3.63) is 47.8 Å². The van der Waals surface area contributed by atoms with Gasteiger partial charge in [0.2, 0.25) is 5.75 Å². The minimum atomic E-state index is -0.211. The van der Waals surface area contributed by atoms with Gasteiger partial charge in [-0.15, -0.1) is 0 Å². The van der Waals surface area contributed by atoms with Gasteiger partial charge < -0.3 is 19.5 Å². The Morgan fingerprint density at radius 2 is 2.17 bits per heavy atom. The summed E-state index contributed by atoms with van der Waals surface area (Å²) in [5.74, 6) is 1.34. The number of amides is 1. The number of nitrogens with one attached hydrogen (secondary N) is 1. The third kappa shape index (κ3) is 3.21. The number of hydrogen-bond donors (Lipinski definition) is 1. The van der Waals surface area contributed by atoms with Crippen LogP contribution in [0.15, 0.2) is 36.7 Å². The first-order valence-corrected chi connectivity index (χ1v) is 7.37. The average Bonchev–Trinajstić information content (AvgIpc) is 2.61. The summed E-state index contributed by atoms with van der Waals surface area (Å²) in [6, 6.07) is 6.92. The van der Waals surface area contributed by atoms with Crippen LogP contribution < -0.4 is 19.5 Å². The van der Waals surface area contributed by atoms with E-state index in [0.29, 0.717) is 36.0 Å². The zero-order valence-corrected chi connectivity index (χ0v) is 13.0. The van der Waals surface area contributed by atoms with Gasteiger partial charge in [0, 0.05) is 18.0 Å². The molecule has 1 aromatic carbocycles. The van der Waals surface area contributed by atoms with Crippen LogP contribution in [0.25, 0.3) is 0 Å². The van der Waals surface area contributed by atoms with Crippen LogP contribution in [0.2, 0.25) is 0 Å². The van der Waals surface area contributed by atoms with Crippen molar-refractivity contribution in [2.45, 2.75) is 13.0 Å². The lowest BCUT2D eigenvalue weighted by Gasteiger charge is -2.21. The Balaban J connectivity index is 1.82. The number of carbonyl (C=O) groups excluding carboxylic acids is 1. The first kappa shape index (κ1) is 15.1. The minimum absolute atomic E-state index is 0.157. The fraction of sp³-hybridized carbons (Fsp3) is 0.294. The van der Waals surface area contributed by atoms with Crippen LogP contribution in [-0.4, -0.2) is 31.2 Å². The molecule has 1 unspecified atom stereocenters. The molecule has 0 saturated heterocycles. The quantitative estimate of drug-likeness (QED) is 0.938. The number of nitrogens with zero attached hydrogens (tertiary/aromatic N) is 1. The molecule has 0 spiro atoms. The van der Waals surface area contributed by atoms with Crippen LogP contribution >= 0.6 is 0 Å². The number of rotatable bonds is 4. The number of methoxy groups -OCH3 is 1. The summed E-state index contributed by atoms with van der Waals surface area (Å²) in [4.78, 5) is 16.6. The van der Waals surface area contributed by atoms with Crippen molar-refractivity contribution in [2.75, 3.05) is 20.3 Å². The lowest BCUT2D eigenvalue weighted by atomic mass is 10.1. The third-order valence-electron chi connectivity index (χ3n) is 3.62. The molecule has 120 valence electrons. The number of benzene rings is 1. The van der Waals surface area contributed by atoms with Crippen molar-refractivity contribution in [1.82, 2.24) is 10.3 Å². The highest BCUT2D eigenvalue weighted by molar-refractivity contribution is 5.95. The van der Waals surface area contributed by atoms with Gasteiger partial charge in [-0.2, -0.15) is 0 Å². The maximum Gasteiger partial charge on any atom is 0.252 e. The van der Waals surface area contributed by atoms with Gasteiger partial charge in [-0.25, -0.2) is 0 Å². The van der Waals surface area contributed by atoms with E-state index >= 15 is 0 Å². The highest BCUT2D eigenvalue weighted by Gasteiger charge is 2.21. The summed E-state index contributed by atoms with van der Waals surface area (Å²) < 4.78 is 16.4. The second-order valence-electron chi connectivity index (χ2n) is 5.18. The van der Waals surface area contributed by atoms with Crippen LogP contribution in [0.3, 0.4) is 0 Å². The molecule has 0 radical (unpaired) electrons. The molecule has 1 amide bonds. The molecule has 0 aliphatic carbocycles. The van der Waals surface area contributed by atoms with Crippen molar-refractivity contribution >= 4 is 5.91 Å². The summed E-state index contributed by atoms with van der Waals surface area (Å²) in [5, 5.41) is 2.94. The van der Waals surface area contributed by atoms with Crippen LogP contribution in [-0.2, 0) is 0 Å². The van der Waals surface area contributed by atoms with E-state index in [9.17, 15) is 4.79 Å². The summed E-state index contributed by atoms with van der Waals surface area (Å²) in [6.45, 7) is 2.82. The van der Waals surface area contributed by atoms with Crippen molar-refractivity contribution in [3.8, 4) is 17.2 Å². The highest BCUT2D eigenvalue weighted by atomic mass is 16.6. The normalized spacial score (nSPS) is 14.0. The molecule has 2 heterocycles. The summed E-state index contributed by atoms with van der Waals surface area (Å²) in [5.41, 5.74) is 1.40. The van der Waals surface area contributed by atoms with E-state index in [-0.39, 0.29) is 11.9 Å². The molecule has 6 heteroatoms. The molecule has 0 bridgehead atoms. The van der Waals surface area contributed by atoms with Gasteiger partial charge in [-0.1, -0.05) is 6.07 Å². The molecule has 1 aliphatic heterocycles. The molecule has 1 N–H and O–H groups in total. The Kier molecular flexibility index (Phi) is 4.32. The number of aromatic nitrogens is 1. The maximum atomic E-state index is 12.5. The Morgan fingerprint density at radius 1 is 1.35 bits per heavy atom. The zero-order chi connectivity index (χ0) is 16.2. The van der Waals surface area contributed by atoms with E-state index < -0.39 is 0 Å². The van der Waals surface area contributed by atoms with Gasteiger partial charge in [-0.05, 0) is 30.7 Å². The van der Waals surface area contributed by atoms with E-state index in [1.807, 2.05) is 19.1 Å². The third-order valence-corrected chi connectivity index (χ3v) is 3.62. The predicted octanol–water partition coefficient (Wildman–Crippen LogP) is 2.35. The summed E-state index contributed by atoms with van der Waals surface area (Å²) >= 11 is 0. The second kappa shape index (κ2) is 6.56. The van der Waals surface area contributed by atoms with Gasteiger partial charge in [0.1, 0.15) is 13.2 Å². The molecule has 0 saturated carbocycles. The Morgan fingerprint density at radius 3 is 2.91 bits per heavy atom. The molecule has 1 aliphatic rings. The minimum Gasteiger partial charge on any atom is -0.493 e. The average molecular weight is 314 g/mol. The van der Waals surface area contributed by atoms with Gasteiger partial charge in [-0.3, -0.25) is 9.78 Å². The van der Waals surface area contributed by atoms with Crippen molar-refractivity contribution in [2.24, 2.45) is 0 Å². The summed E-state index contributed by atoms with van der Waals surface area (Å²) in [7, 11) is 1.54. The van der Waals surface area contributed by atoms with Gasteiger partial charge in [0.05, 0.1) is 13.2 Å². The Bertz CT molecular complexity index is 686. The Hall–Kier alpha value is -2.76. The van der Waals surface area contributed by atoms with E-state index in [1.54, 1.807) is 24.5 Å². The smallest absolute Gasteiger partial charge is 0.252 e. The van der Waals surface area contributed by atoms with Crippen molar-refractivity contribution in [3.63, 3.8) is 0 Å². The molecule has 0 fully saturated rings. The molecular weight excluding hydrogens is 296 g/mol. The fourth-order valence-electron chi connectivity index (χ4n) is 2.40. The van der Waals surface area contributed by atoms with Crippen LogP contribution in [0.4, 0.5) is 0 Å². The van der Waals surface area contributed by atoms with E-state index in [1.165, 1.54) is 7.11 Å². The second-order valence-corrected chi connectivity index (χ2v) is 5.18. The number of fused-ring (bicyclic) bond motifs is 1. The first-order valence-electron chi connectivity index (χ1n) is 7.37. The number of hydrogen-bond acceptors (Lipinski definition) is 5.